The monoisotopic (exact) mass is 410 g/mol. The molecule has 3 aromatic heterocycles. The van der Waals surface area contributed by atoms with E-state index in [0.717, 1.165) is 40.8 Å². The third kappa shape index (κ3) is 3.90. The molecule has 0 spiro atoms. The van der Waals surface area contributed by atoms with Crippen LogP contribution in [0, 0.1) is 0 Å². The van der Waals surface area contributed by atoms with Gasteiger partial charge in [-0.3, -0.25) is 4.98 Å². The van der Waals surface area contributed by atoms with Crippen LogP contribution in [0.2, 0.25) is 0 Å². The second-order valence-electron chi connectivity index (χ2n) is 7.12. The van der Waals surface area contributed by atoms with Gasteiger partial charge in [-0.2, -0.15) is 4.52 Å². The highest BCUT2D eigenvalue weighted by Gasteiger charge is 2.14. The fraction of sp³-hybridized carbons (Fsp3) is 0.167. The third-order valence-corrected chi connectivity index (χ3v) is 5.03. The van der Waals surface area contributed by atoms with E-state index in [1.165, 1.54) is 5.56 Å². The van der Waals surface area contributed by atoms with E-state index in [1.54, 1.807) is 16.9 Å². The number of anilines is 1. The van der Waals surface area contributed by atoms with Crippen LogP contribution < -0.4 is 10.1 Å². The van der Waals surface area contributed by atoms with Gasteiger partial charge in [0.1, 0.15) is 5.75 Å². The van der Waals surface area contributed by atoms with E-state index < -0.39 is 0 Å². The molecule has 5 rings (SSSR count). The van der Waals surface area contributed by atoms with E-state index >= 15 is 0 Å². The maximum Gasteiger partial charge on any atom is 0.226 e. The number of ether oxygens (including phenoxy) is 1. The Morgan fingerprint density at radius 3 is 2.65 bits per heavy atom. The number of hydrogen-bond acceptors (Lipinski definition) is 6. The third-order valence-electron chi connectivity index (χ3n) is 5.03. The fourth-order valence-corrected chi connectivity index (χ4v) is 3.53. The molecule has 0 bridgehead atoms. The van der Waals surface area contributed by atoms with Crippen LogP contribution in [0.4, 0.5) is 5.95 Å². The van der Waals surface area contributed by atoms with Crippen LogP contribution in [0.3, 0.4) is 0 Å². The standard InChI is InChI=1S/C24H22N6O/c1-2-31-19-11-9-17(10-12-19)13-15-26-24-27-21-8-4-3-7-20(21)23-28-22(29-30(23)24)18-6-5-14-25-16-18/h3-12,14,16H,2,13,15H2,1H3,(H,26,27). The lowest BCUT2D eigenvalue weighted by molar-refractivity contribution is 0.340. The van der Waals surface area contributed by atoms with Gasteiger partial charge in [-0.1, -0.05) is 24.3 Å². The molecule has 2 aromatic carbocycles. The number of benzene rings is 2. The zero-order valence-electron chi connectivity index (χ0n) is 17.2. The largest absolute Gasteiger partial charge is 0.494 e. The van der Waals surface area contributed by atoms with Crippen LogP contribution in [0.5, 0.6) is 5.75 Å². The minimum atomic E-state index is 0.626. The highest BCUT2D eigenvalue weighted by atomic mass is 16.5. The molecule has 0 fully saturated rings. The SMILES string of the molecule is CCOc1ccc(CCNc2nc3ccccc3c3nc(-c4cccnc4)nn23)cc1. The van der Waals surface area contributed by atoms with Crippen molar-refractivity contribution in [3.8, 4) is 17.1 Å². The minimum Gasteiger partial charge on any atom is -0.494 e. The number of aromatic nitrogens is 5. The molecule has 0 radical (unpaired) electrons. The van der Waals surface area contributed by atoms with Crippen molar-refractivity contribution in [2.75, 3.05) is 18.5 Å². The van der Waals surface area contributed by atoms with Crippen LogP contribution >= 0.6 is 0 Å². The van der Waals surface area contributed by atoms with E-state index in [4.69, 9.17) is 19.8 Å². The summed E-state index contributed by atoms with van der Waals surface area (Å²) in [5.41, 5.74) is 3.75. The second kappa shape index (κ2) is 8.39. The van der Waals surface area contributed by atoms with E-state index in [2.05, 4.69) is 22.4 Å². The molecule has 0 saturated carbocycles. The number of nitrogens with zero attached hydrogens (tertiary/aromatic N) is 5. The average Bonchev–Trinajstić information content (AvgIpc) is 3.27. The Hall–Kier alpha value is -4.00. The molecule has 0 atom stereocenters. The summed E-state index contributed by atoms with van der Waals surface area (Å²) in [4.78, 5) is 13.8. The van der Waals surface area contributed by atoms with Crippen molar-refractivity contribution < 1.29 is 4.74 Å². The molecule has 31 heavy (non-hydrogen) atoms. The first-order chi connectivity index (χ1) is 15.3. The van der Waals surface area contributed by atoms with E-state index in [9.17, 15) is 0 Å². The Balaban J connectivity index is 1.45. The first-order valence-electron chi connectivity index (χ1n) is 10.3. The van der Waals surface area contributed by atoms with Crippen molar-refractivity contribution >= 4 is 22.5 Å². The van der Waals surface area contributed by atoms with Gasteiger partial charge < -0.3 is 10.1 Å². The van der Waals surface area contributed by atoms with E-state index in [1.807, 2.05) is 55.5 Å². The number of hydrogen-bond donors (Lipinski definition) is 1. The molecule has 7 heteroatoms. The second-order valence-corrected chi connectivity index (χ2v) is 7.12. The summed E-state index contributed by atoms with van der Waals surface area (Å²) >= 11 is 0. The lowest BCUT2D eigenvalue weighted by Gasteiger charge is -2.09. The van der Waals surface area contributed by atoms with Gasteiger partial charge in [0.05, 0.1) is 12.1 Å². The first kappa shape index (κ1) is 19.0. The van der Waals surface area contributed by atoms with Crippen molar-refractivity contribution in [2.45, 2.75) is 13.3 Å². The number of para-hydroxylation sites is 1. The summed E-state index contributed by atoms with van der Waals surface area (Å²) < 4.78 is 7.29. The number of pyridine rings is 1. The van der Waals surface area contributed by atoms with Gasteiger partial charge in [0.15, 0.2) is 11.5 Å². The Bertz CT molecular complexity index is 1320. The Labute approximate surface area is 179 Å². The van der Waals surface area contributed by atoms with Gasteiger partial charge in [0.2, 0.25) is 5.95 Å². The molecular weight excluding hydrogens is 388 g/mol. The van der Waals surface area contributed by atoms with E-state index in [-0.39, 0.29) is 0 Å². The van der Waals surface area contributed by atoms with Crippen molar-refractivity contribution in [3.05, 3.63) is 78.6 Å². The fourth-order valence-electron chi connectivity index (χ4n) is 3.53. The van der Waals surface area contributed by atoms with Gasteiger partial charge in [-0.05, 0) is 55.3 Å². The summed E-state index contributed by atoms with van der Waals surface area (Å²) in [6, 6.07) is 20.0. The summed E-state index contributed by atoms with van der Waals surface area (Å²) in [7, 11) is 0. The Morgan fingerprint density at radius 2 is 1.84 bits per heavy atom. The number of fused-ring (bicyclic) bond motifs is 3. The van der Waals surface area contributed by atoms with Crippen LogP contribution in [-0.4, -0.2) is 37.7 Å². The summed E-state index contributed by atoms with van der Waals surface area (Å²) in [5, 5.41) is 9.11. The van der Waals surface area contributed by atoms with Crippen molar-refractivity contribution in [1.29, 1.82) is 0 Å². The number of rotatable bonds is 7. The molecule has 5 aromatic rings. The molecular formula is C24H22N6O. The van der Waals surface area contributed by atoms with E-state index in [0.29, 0.717) is 18.4 Å². The zero-order valence-corrected chi connectivity index (χ0v) is 17.2. The van der Waals surface area contributed by atoms with Crippen LogP contribution in [0.1, 0.15) is 12.5 Å². The summed E-state index contributed by atoms with van der Waals surface area (Å²) in [6.45, 7) is 3.37. The van der Waals surface area contributed by atoms with Crippen LogP contribution in [0.15, 0.2) is 73.1 Å². The summed E-state index contributed by atoms with van der Waals surface area (Å²) in [5.74, 6) is 2.19. The molecule has 7 nitrogen and oxygen atoms in total. The quantitative estimate of drug-likeness (QED) is 0.429. The first-order valence-corrected chi connectivity index (χ1v) is 10.3. The minimum absolute atomic E-state index is 0.626. The lowest BCUT2D eigenvalue weighted by atomic mass is 10.1. The van der Waals surface area contributed by atoms with Crippen molar-refractivity contribution in [2.24, 2.45) is 0 Å². The molecule has 3 heterocycles. The molecule has 1 N–H and O–H groups in total. The smallest absolute Gasteiger partial charge is 0.226 e. The molecule has 0 aliphatic heterocycles. The van der Waals surface area contributed by atoms with Gasteiger partial charge in [-0.15, -0.1) is 5.10 Å². The zero-order chi connectivity index (χ0) is 21.0. The van der Waals surface area contributed by atoms with Crippen molar-refractivity contribution in [1.82, 2.24) is 24.6 Å². The molecule has 0 unspecified atom stereocenters. The topological polar surface area (TPSA) is 77.2 Å². The highest BCUT2D eigenvalue weighted by Crippen LogP contribution is 2.24. The maximum atomic E-state index is 5.51. The summed E-state index contributed by atoms with van der Waals surface area (Å²) in [6.07, 6.45) is 4.36. The Morgan fingerprint density at radius 1 is 0.968 bits per heavy atom. The van der Waals surface area contributed by atoms with Gasteiger partial charge in [-0.25, -0.2) is 9.97 Å². The molecule has 0 aliphatic rings. The van der Waals surface area contributed by atoms with Gasteiger partial charge >= 0.3 is 0 Å². The molecule has 0 saturated heterocycles. The van der Waals surface area contributed by atoms with Gasteiger partial charge in [0, 0.05) is 29.9 Å². The predicted octanol–water partition coefficient (Wildman–Crippen LogP) is 4.39. The van der Waals surface area contributed by atoms with Gasteiger partial charge in [0.25, 0.3) is 0 Å². The maximum absolute atomic E-state index is 5.51. The normalized spacial score (nSPS) is 11.1. The molecule has 0 aliphatic carbocycles. The number of nitrogens with one attached hydrogen (secondary N) is 1. The lowest BCUT2D eigenvalue weighted by Crippen LogP contribution is -2.11. The average molecular weight is 410 g/mol. The Kier molecular flexibility index (Phi) is 5.14. The van der Waals surface area contributed by atoms with Crippen molar-refractivity contribution in [3.63, 3.8) is 0 Å². The predicted molar refractivity (Wildman–Crippen MR) is 121 cm³/mol. The molecule has 154 valence electrons. The highest BCUT2D eigenvalue weighted by molar-refractivity contribution is 5.92. The van der Waals surface area contributed by atoms with Crippen LogP contribution in [-0.2, 0) is 6.42 Å². The van der Waals surface area contributed by atoms with Crippen LogP contribution in [0.25, 0.3) is 27.9 Å². The molecule has 0 amide bonds.